The van der Waals surface area contributed by atoms with Gasteiger partial charge in [0, 0.05) is 0 Å². The summed E-state index contributed by atoms with van der Waals surface area (Å²) < 4.78 is 9.78. The van der Waals surface area contributed by atoms with E-state index >= 15 is 0 Å². The van der Waals surface area contributed by atoms with Crippen LogP contribution in [0.5, 0.6) is 0 Å². The number of esters is 2. The molecule has 5 heteroatoms. The molecule has 1 rings (SSSR count). The molecule has 1 heterocycles. The predicted octanol–water partition coefficient (Wildman–Crippen LogP) is 0.488. The molecule has 0 saturated heterocycles. The Morgan fingerprint density at radius 1 is 1.53 bits per heavy atom. The first-order valence-electron chi connectivity index (χ1n) is 4.87. The van der Waals surface area contributed by atoms with Crippen LogP contribution >= 0.6 is 0 Å². The van der Waals surface area contributed by atoms with E-state index in [0.29, 0.717) is 6.42 Å². The standard InChI is InChI=1S/C10H15NO4/c1-4-10(3)7(11)6(9(13)15-10)8(12)14-5-2/h4-5,11H2,1-3H3. The van der Waals surface area contributed by atoms with Gasteiger partial charge in [-0.1, -0.05) is 6.92 Å². The fourth-order valence-corrected chi connectivity index (χ4v) is 1.34. The minimum atomic E-state index is -0.876. The van der Waals surface area contributed by atoms with Gasteiger partial charge in [-0.3, -0.25) is 0 Å². The zero-order valence-corrected chi connectivity index (χ0v) is 9.12. The van der Waals surface area contributed by atoms with Crippen LogP contribution in [-0.2, 0) is 19.1 Å². The Kier molecular flexibility index (Phi) is 3.02. The Labute approximate surface area is 88.2 Å². The van der Waals surface area contributed by atoms with Crippen molar-refractivity contribution in [2.45, 2.75) is 32.8 Å². The Balaban J connectivity index is 3.05. The second kappa shape index (κ2) is 3.92. The Morgan fingerprint density at radius 2 is 2.13 bits per heavy atom. The van der Waals surface area contributed by atoms with Gasteiger partial charge in [-0.2, -0.15) is 0 Å². The van der Waals surface area contributed by atoms with Gasteiger partial charge in [-0.25, -0.2) is 9.59 Å². The summed E-state index contributed by atoms with van der Waals surface area (Å²) in [6, 6.07) is 0. The summed E-state index contributed by atoms with van der Waals surface area (Å²) in [5.41, 5.74) is 4.84. The van der Waals surface area contributed by atoms with Crippen LogP contribution in [0.4, 0.5) is 0 Å². The van der Waals surface area contributed by atoms with Crippen molar-refractivity contribution in [3.63, 3.8) is 0 Å². The quantitative estimate of drug-likeness (QED) is 0.545. The summed E-state index contributed by atoms with van der Waals surface area (Å²) in [7, 11) is 0. The van der Waals surface area contributed by atoms with E-state index in [1.807, 2.05) is 6.92 Å². The molecule has 0 bridgehead atoms. The lowest BCUT2D eigenvalue weighted by Gasteiger charge is -2.21. The van der Waals surface area contributed by atoms with Gasteiger partial charge >= 0.3 is 11.9 Å². The molecular formula is C10H15NO4. The van der Waals surface area contributed by atoms with Crippen LogP contribution in [0.2, 0.25) is 0 Å². The second-order valence-electron chi connectivity index (χ2n) is 3.48. The molecule has 1 atom stereocenters. The minimum absolute atomic E-state index is 0.161. The maximum atomic E-state index is 11.4. The molecule has 5 nitrogen and oxygen atoms in total. The number of hydrogen-bond acceptors (Lipinski definition) is 5. The van der Waals surface area contributed by atoms with Crippen LogP contribution in [0.1, 0.15) is 27.2 Å². The SMILES string of the molecule is CCOC(=O)C1=C(N)C(C)(CC)OC1=O. The summed E-state index contributed by atoms with van der Waals surface area (Å²) in [4.78, 5) is 22.8. The van der Waals surface area contributed by atoms with Gasteiger partial charge in [0.15, 0.2) is 5.57 Å². The van der Waals surface area contributed by atoms with Gasteiger partial charge in [0.25, 0.3) is 0 Å². The largest absolute Gasteiger partial charge is 0.462 e. The van der Waals surface area contributed by atoms with E-state index in [1.165, 1.54) is 0 Å². The van der Waals surface area contributed by atoms with E-state index in [4.69, 9.17) is 15.2 Å². The summed E-state index contributed by atoms with van der Waals surface area (Å²) in [6.07, 6.45) is 0.521. The van der Waals surface area contributed by atoms with Crippen molar-refractivity contribution < 1.29 is 19.1 Å². The van der Waals surface area contributed by atoms with Gasteiger partial charge in [-0.15, -0.1) is 0 Å². The zero-order chi connectivity index (χ0) is 11.6. The Bertz CT molecular complexity index is 334. The monoisotopic (exact) mass is 213 g/mol. The number of nitrogens with two attached hydrogens (primary N) is 1. The third-order valence-electron chi connectivity index (χ3n) is 2.52. The molecule has 0 saturated carbocycles. The molecule has 84 valence electrons. The molecule has 2 N–H and O–H groups in total. The van der Waals surface area contributed by atoms with Crippen molar-refractivity contribution in [2.75, 3.05) is 6.61 Å². The highest BCUT2D eigenvalue weighted by atomic mass is 16.6. The lowest BCUT2D eigenvalue weighted by atomic mass is 9.98. The van der Waals surface area contributed by atoms with Crippen LogP contribution in [0.25, 0.3) is 0 Å². The minimum Gasteiger partial charge on any atom is -0.462 e. The van der Waals surface area contributed by atoms with E-state index in [-0.39, 0.29) is 17.9 Å². The number of cyclic esters (lactones) is 1. The fraction of sp³-hybridized carbons (Fsp3) is 0.600. The summed E-state index contributed by atoms with van der Waals surface area (Å²) in [5.74, 6) is -1.41. The molecule has 1 aliphatic rings. The van der Waals surface area contributed by atoms with E-state index in [0.717, 1.165) is 0 Å². The predicted molar refractivity (Wildman–Crippen MR) is 52.6 cm³/mol. The Hall–Kier alpha value is -1.52. The molecule has 0 aromatic carbocycles. The van der Waals surface area contributed by atoms with Gasteiger partial charge in [-0.05, 0) is 20.3 Å². The summed E-state index contributed by atoms with van der Waals surface area (Å²) in [6.45, 7) is 5.36. The van der Waals surface area contributed by atoms with E-state index in [9.17, 15) is 9.59 Å². The smallest absolute Gasteiger partial charge is 0.348 e. The number of hydrogen-bond donors (Lipinski definition) is 1. The first kappa shape index (κ1) is 11.6. The van der Waals surface area contributed by atoms with Crippen molar-refractivity contribution in [3.8, 4) is 0 Å². The second-order valence-corrected chi connectivity index (χ2v) is 3.48. The van der Waals surface area contributed by atoms with E-state index in [1.54, 1.807) is 13.8 Å². The molecule has 0 amide bonds. The van der Waals surface area contributed by atoms with Gasteiger partial charge in [0.2, 0.25) is 0 Å². The summed E-state index contributed by atoms with van der Waals surface area (Å²) >= 11 is 0. The van der Waals surface area contributed by atoms with Crippen LogP contribution in [0.15, 0.2) is 11.3 Å². The van der Waals surface area contributed by atoms with Crippen molar-refractivity contribution >= 4 is 11.9 Å². The molecular weight excluding hydrogens is 198 g/mol. The van der Waals surface area contributed by atoms with Gasteiger partial charge in [0.05, 0.1) is 12.3 Å². The molecule has 0 aliphatic carbocycles. The van der Waals surface area contributed by atoms with E-state index < -0.39 is 17.5 Å². The van der Waals surface area contributed by atoms with Gasteiger partial charge < -0.3 is 15.2 Å². The third kappa shape index (κ3) is 1.82. The third-order valence-corrected chi connectivity index (χ3v) is 2.52. The summed E-state index contributed by atoms with van der Waals surface area (Å²) in [5, 5.41) is 0. The highest BCUT2D eigenvalue weighted by molar-refractivity contribution is 6.16. The number of carbonyl (C=O) groups is 2. The first-order chi connectivity index (χ1) is 6.96. The molecule has 1 unspecified atom stereocenters. The highest BCUT2D eigenvalue weighted by Gasteiger charge is 2.44. The number of ether oxygens (including phenoxy) is 2. The molecule has 0 aromatic heterocycles. The van der Waals surface area contributed by atoms with Gasteiger partial charge in [0.1, 0.15) is 5.60 Å². The first-order valence-corrected chi connectivity index (χ1v) is 4.87. The van der Waals surface area contributed by atoms with Crippen molar-refractivity contribution in [1.82, 2.24) is 0 Å². The molecule has 15 heavy (non-hydrogen) atoms. The van der Waals surface area contributed by atoms with Crippen LogP contribution in [0.3, 0.4) is 0 Å². The average Bonchev–Trinajstić information content (AvgIpc) is 2.39. The molecule has 0 spiro atoms. The Morgan fingerprint density at radius 3 is 2.53 bits per heavy atom. The zero-order valence-electron chi connectivity index (χ0n) is 9.12. The molecule has 1 aliphatic heterocycles. The maximum absolute atomic E-state index is 11.4. The molecule has 0 radical (unpaired) electrons. The average molecular weight is 213 g/mol. The van der Waals surface area contributed by atoms with Crippen molar-refractivity contribution in [3.05, 3.63) is 11.3 Å². The topological polar surface area (TPSA) is 78.6 Å². The number of rotatable bonds is 3. The normalized spacial score (nSPS) is 25.4. The fourth-order valence-electron chi connectivity index (χ4n) is 1.34. The lowest BCUT2D eigenvalue weighted by molar-refractivity contribution is -0.149. The highest BCUT2D eigenvalue weighted by Crippen LogP contribution is 2.32. The van der Waals surface area contributed by atoms with E-state index in [2.05, 4.69) is 0 Å². The lowest BCUT2D eigenvalue weighted by Crippen LogP contribution is -2.30. The van der Waals surface area contributed by atoms with Crippen LogP contribution in [0, 0.1) is 0 Å². The molecule has 0 aromatic rings. The van der Waals surface area contributed by atoms with Crippen molar-refractivity contribution in [2.24, 2.45) is 5.73 Å². The molecule has 0 fully saturated rings. The van der Waals surface area contributed by atoms with Crippen molar-refractivity contribution in [1.29, 1.82) is 0 Å². The number of carbonyl (C=O) groups excluding carboxylic acids is 2. The van der Waals surface area contributed by atoms with Crippen LogP contribution in [-0.4, -0.2) is 24.1 Å². The van der Waals surface area contributed by atoms with Crippen LogP contribution < -0.4 is 5.73 Å². The maximum Gasteiger partial charge on any atom is 0.348 e.